The van der Waals surface area contributed by atoms with E-state index >= 15 is 0 Å². The summed E-state index contributed by atoms with van der Waals surface area (Å²) in [7, 11) is 3.08. The number of ether oxygens (including phenoxy) is 3. The van der Waals surface area contributed by atoms with Gasteiger partial charge in [-0.1, -0.05) is 12.1 Å². The number of hydrogen-bond acceptors (Lipinski definition) is 8. The lowest BCUT2D eigenvalue weighted by Crippen LogP contribution is -2.56. The zero-order valence-corrected chi connectivity index (χ0v) is 25.4. The zero-order chi connectivity index (χ0) is 29.5. The Bertz CT molecular complexity index is 1270. The fourth-order valence-electron chi connectivity index (χ4n) is 4.98. The minimum atomic E-state index is -1.14. The van der Waals surface area contributed by atoms with Gasteiger partial charge in [0, 0.05) is 31.0 Å². The maximum absolute atomic E-state index is 13.6. The number of rotatable bonds is 13. The normalized spacial score (nSPS) is 20.1. The molecule has 10 nitrogen and oxygen atoms in total. The van der Waals surface area contributed by atoms with Crippen LogP contribution in [0.3, 0.4) is 0 Å². The number of carbonyl (C=O) groups excluding carboxylic acids is 2. The molecule has 2 aromatic rings. The molecule has 11 heteroatoms. The number of aliphatic hydroxyl groups is 3. The zero-order valence-electron chi connectivity index (χ0n) is 23.2. The van der Waals surface area contributed by atoms with Gasteiger partial charge in [0.15, 0.2) is 11.5 Å². The summed E-state index contributed by atoms with van der Waals surface area (Å²) in [6.45, 7) is 0.0180. The van der Waals surface area contributed by atoms with E-state index in [4.69, 9.17) is 14.2 Å². The summed E-state index contributed by atoms with van der Waals surface area (Å²) in [6, 6.07) is 10.3. The van der Waals surface area contributed by atoms with Crippen LogP contribution in [0.5, 0.6) is 17.2 Å². The third-order valence-corrected chi connectivity index (χ3v) is 8.13. The molecule has 0 aliphatic heterocycles. The Kier molecular flexibility index (Phi) is 10.9. The summed E-state index contributed by atoms with van der Waals surface area (Å²) in [6.07, 6.45) is 1.71. The molecule has 0 radical (unpaired) electrons. The van der Waals surface area contributed by atoms with Gasteiger partial charge in [0.1, 0.15) is 18.0 Å². The second-order valence-corrected chi connectivity index (χ2v) is 11.4. The molecule has 2 aliphatic rings. The highest BCUT2D eigenvalue weighted by Crippen LogP contribution is 2.38. The number of aliphatic hydroxyl groups excluding tert-OH is 3. The molecule has 1 fully saturated rings. The highest BCUT2D eigenvalue weighted by atomic mass is 127. The molecule has 3 atom stereocenters. The first kappa shape index (κ1) is 31.1. The van der Waals surface area contributed by atoms with Gasteiger partial charge in [-0.3, -0.25) is 9.59 Å². The second kappa shape index (κ2) is 14.3. The van der Waals surface area contributed by atoms with Gasteiger partial charge in [0.25, 0.3) is 0 Å². The van der Waals surface area contributed by atoms with Crippen molar-refractivity contribution in [1.82, 2.24) is 10.2 Å². The van der Waals surface area contributed by atoms with E-state index in [9.17, 15) is 24.9 Å². The highest BCUT2D eigenvalue weighted by Gasteiger charge is 2.44. The molecule has 0 aromatic heterocycles. The van der Waals surface area contributed by atoms with Crippen molar-refractivity contribution < 1.29 is 39.1 Å². The number of nitrogens with one attached hydrogen (secondary N) is 1. The number of benzene rings is 2. The summed E-state index contributed by atoms with van der Waals surface area (Å²) in [5.41, 5.74) is 1.98. The number of nitrogens with zero attached hydrogens (tertiary/aromatic N) is 1. The van der Waals surface area contributed by atoms with E-state index in [-0.39, 0.29) is 38.0 Å². The Balaban J connectivity index is 1.66. The third kappa shape index (κ3) is 7.70. The van der Waals surface area contributed by atoms with E-state index in [0.29, 0.717) is 39.2 Å². The summed E-state index contributed by atoms with van der Waals surface area (Å²) in [5, 5.41) is 33.2. The van der Waals surface area contributed by atoms with Crippen molar-refractivity contribution in [3.63, 3.8) is 0 Å². The van der Waals surface area contributed by atoms with Crippen LogP contribution in [-0.4, -0.2) is 84.2 Å². The van der Waals surface area contributed by atoms with Crippen LogP contribution < -0.4 is 19.5 Å². The molecule has 2 aromatic carbocycles. The van der Waals surface area contributed by atoms with Gasteiger partial charge in [-0.25, -0.2) is 0 Å². The fourth-order valence-corrected chi connectivity index (χ4v) is 5.77. The van der Waals surface area contributed by atoms with Gasteiger partial charge in [0.2, 0.25) is 11.8 Å². The Morgan fingerprint density at radius 2 is 1.88 bits per heavy atom. The number of amides is 2. The van der Waals surface area contributed by atoms with Crippen molar-refractivity contribution in [2.75, 3.05) is 33.9 Å². The van der Waals surface area contributed by atoms with Crippen molar-refractivity contribution in [3.05, 3.63) is 62.7 Å². The molecule has 0 heterocycles. The molecule has 0 spiro atoms. The van der Waals surface area contributed by atoms with Crippen LogP contribution in [-0.2, 0) is 22.6 Å². The van der Waals surface area contributed by atoms with Crippen molar-refractivity contribution in [1.29, 1.82) is 0 Å². The molecule has 4 N–H and O–H groups in total. The molecule has 41 heavy (non-hydrogen) atoms. The fraction of sp³-hybridized carbons (Fsp3) is 0.467. The Hall–Kier alpha value is -2.87. The largest absolute Gasteiger partial charge is 0.497 e. The van der Waals surface area contributed by atoms with E-state index in [1.807, 2.05) is 24.3 Å². The molecule has 0 saturated heterocycles. The van der Waals surface area contributed by atoms with Crippen molar-refractivity contribution in [2.24, 2.45) is 5.92 Å². The van der Waals surface area contributed by atoms with Crippen LogP contribution in [0.2, 0.25) is 0 Å². The first-order valence-electron chi connectivity index (χ1n) is 13.6. The van der Waals surface area contributed by atoms with Crippen LogP contribution in [0.25, 0.3) is 0 Å². The lowest BCUT2D eigenvalue weighted by atomic mass is 9.87. The summed E-state index contributed by atoms with van der Waals surface area (Å²) < 4.78 is 17.8. The molecule has 1 saturated carbocycles. The molecular weight excluding hydrogens is 643 g/mol. The average Bonchev–Trinajstić information content (AvgIpc) is 3.84. The first-order chi connectivity index (χ1) is 19.8. The maximum Gasteiger partial charge on any atom is 0.247 e. The standard InChI is InChI=1S/C30H37IN2O8/c1-39-22-5-3-4-18(12-22)8-10-33(30(38)20-6-7-20)24-15-21(29(37)32-9-11-34)16-25(27(24)36)41-28-23(31)13-19(17-35)14-26(28)40-2/h3-5,12-14,16,20,24-25,27,34-36H,6-11,15,17H2,1-2H3,(H,32,37)/t24-,25+,27+/m1/s1. The van der Waals surface area contributed by atoms with Crippen molar-refractivity contribution >= 4 is 34.4 Å². The molecule has 222 valence electrons. The number of halogens is 1. The number of methoxy groups -OCH3 is 2. The van der Waals surface area contributed by atoms with Crippen LogP contribution in [0.15, 0.2) is 48.0 Å². The highest BCUT2D eigenvalue weighted by molar-refractivity contribution is 14.1. The summed E-state index contributed by atoms with van der Waals surface area (Å²) in [5.74, 6) is 0.907. The first-order valence-corrected chi connectivity index (χ1v) is 14.7. The Morgan fingerprint density at radius 3 is 2.54 bits per heavy atom. The van der Waals surface area contributed by atoms with E-state index in [2.05, 4.69) is 27.9 Å². The van der Waals surface area contributed by atoms with E-state index in [1.165, 1.54) is 7.11 Å². The van der Waals surface area contributed by atoms with Crippen molar-refractivity contribution in [3.8, 4) is 17.2 Å². The van der Waals surface area contributed by atoms with Gasteiger partial charge < -0.3 is 39.7 Å². The van der Waals surface area contributed by atoms with E-state index in [1.54, 1.807) is 30.2 Å². The number of hydrogen-bond donors (Lipinski definition) is 4. The van der Waals surface area contributed by atoms with E-state index < -0.39 is 24.2 Å². The summed E-state index contributed by atoms with van der Waals surface area (Å²) >= 11 is 2.07. The molecule has 4 rings (SSSR count). The summed E-state index contributed by atoms with van der Waals surface area (Å²) in [4.78, 5) is 28.4. The van der Waals surface area contributed by atoms with Gasteiger partial charge >= 0.3 is 0 Å². The number of carbonyl (C=O) groups is 2. The van der Waals surface area contributed by atoms with E-state index in [0.717, 1.165) is 24.2 Å². The van der Waals surface area contributed by atoms with Crippen molar-refractivity contribution in [2.45, 2.75) is 50.5 Å². The molecule has 0 unspecified atom stereocenters. The minimum Gasteiger partial charge on any atom is -0.497 e. The topological polar surface area (TPSA) is 138 Å². The monoisotopic (exact) mass is 680 g/mol. The van der Waals surface area contributed by atoms with Crippen LogP contribution in [0.1, 0.15) is 30.4 Å². The van der Waals surface area contributed by atoms with Crippen LogP contribution >= 0.6 is 22.6 Å². The molecule has 2 aliphatic carbocycles. The van der Waals surface area contributed by atoms with Gasteiger partial charge in [-0.2, -0.15) is 0 Å². The van der Waals surface area contributed by atoms with Gasteiger partial charge in [-0.15, -0.1) is 0 Å². The van der Waals surface area contributed by atoms with Crippen LogP contribution in [0.4, 0.5) is 0 Å². The smallest absolute Gasteiger partial charge is 0.247 e. The predicted octanol–water partition coefficient (Wildman–Crippen LogP) is 2.20. The van der Waals surface area contributed by atoms with Gasteiger partial charge in [-0.05, 0) is 83.3 Å². The maximum atomic E-state index is 13.6. The molecular formula is C30H37IN2O8. The lowest BCUT2D eigenvalue weighted by Gasteiger charge is -2.41. The molecule has 0 bridgehead atoms. The van der Waals surface area contributed by atoms with Gasteiger partial charge in [0.05, 0.1) is 37.0 Å². The third-order valence-electron chi connectivity index (χ3n) is 7.33. The second-order valence-electron chi connectivity index (χ2n) is 10.2. The predicted molar refractivity (Wildman–Crippen MR) is 160 cm³/mol. The minimum absolute atomic E-state index is 0.0489. The SMILES string of the molecule is COc1cccc(CCN(C(=O)C2CC2)[C@@H]2CC(C(=O)NCCO)=C[C@H](Oc3c(I)cc(CO)cc3OC)[C@H]2O)c1. The molecule has 2 amide bonds. The lowest BCUT2D eigenvalue weighted by molar-refractivity contribution is -0.139. The van der Waals surface area contributed by atoms with Crippen LogP contribution in [0, 0.1) is 9.49 Å². The Morgan fingerprint density at radius 1 is 1.10 bits per heavy atom. The quantitative estimate of drug-likeness (QED) is 0.237. The average molecular weight is 681 g/mol. The Labute approximate surface area is 253 Å².